The minimum Gasteiger partial charge on any atom is -0.448 e. The van der Waals surface area contributed by atoms with Crippen molar-refractivity contribution in [2.75, 3.05) is 0 Å². The van der Waals surface area contributed by atoms with E-state index >= 15 is 0 Å². The lowest BCUT2D eigenvalue weighted by molar-refractivity contribution is -0.130. The topological polar surface area (TPSA) is 55.4 Å². The minimum atomic E-state index is -0.802. The lowest BCUT2D eigenvalue weighted by Gasteiger charge is -2.27. The second kappa shape index (κ2) is 8.48. The molecule has 0 spiro atoms. The number of hydrogen-bond acceptors (Lipinski definition) is 4. The van der Waals surface area contributed by atoms with E-state index in [0.29, 0.717) is 4.88 Å². The molecule has 0 aliphatic heterocycles. The zero-order valence-electron chi connectivity index (χ0n) is 16.3. The Morgan fingerprint density at radius 2 is 1.86 bits per heavy atom. The van der Waals surface area contributed by atoms with Gasteiger partial charge < -0.3 is 10.1 Å². The summed E-state index contributed by atoms with van der Waals surface area (Å²) < 4.78 is 5.50. The van der Waals surface area contributed by atoms with E-state index in [-0.39, 0.29) is 17.9 Å². The largest absolute Gasteiger partial charge is 0.448 e. The van der Waals surface area contributed by atoms with E-state index in [1.54, 1.807) is 6.92 Å². The summed E-state index contributed by atoms with van der Waals surface area (Å²) in [4.78, 5) is 27.1. The van der Waals surface area contributed by atoms with Crippen LogP contribution in [0.4, 0.5) is 0 Å². The van der Waals surface area contributed by atoms with E-state index in [2.05, 4.69) is 17.4 Å². The highest BCUT2D eigenvalue weighted by molar-refractivity contribution is 7.14. The van der Waals surface area contributed by atoms with Crippen molar-refractivity contribution in [1.29, 1.82) is 0 Å². The predicted molar refractivity (Wildman–Crippen MR) is 111 cm³/mol. The lowest BCUT2D eigenvalue weighted by Crippen LogP contribution is -2.39. The number of carbonyl (C=O) groups excluding carboxylic acids is 2. The first kappa shape index (κ1) is 19.2. The Labute approximate surface area is 170 Å². The highest BCUT2D eigenvalue weighted by Gasteiger charge is 2.26. The van der Waals surface area contributed by atoms with Crippen LogP contribution in [0.3, 0.4) is 0 Å². The molecule has 0 fully saturated rings. The number of ether oxygens (including phenoxy) is 1. The first-order valence-corrected chi connectivity index (χ1v) is 11.1. The fraction of sp³-hybridized carbons (Fsp3) is 0.478. The third-order valence-electron chi connectivity index (χ3n) is 5.79. The number of carbonyl (C=O) groups is 2. The Morgan fingerprint density at radius 3 is 2.75 bits per heavy atom. The van der Waals surface area contributed by atoms with Crippen LogP contribution in [0.15, 0.2) is 30.3 Å². The van der Waals surface area contributed by atoms with Crippen LogP contribution >= 0.6 is 11.3 Å². The Balaban J connectivity index is 1.38. The van der Waals surface area contributed by atoms with Gasteiger partial charge >= 0.3 is 5.97 Å². The smallest absolute Gasteiger partial charge is 0.349 e. The van der Waals surface area contributed by atoms with E-state index in [4.69, 9.17) is 4.74 Å². The van der Waals surface area contributed by atoms with Gasteiger partial charge in [0.25, 0.3) is 5.91 Å². The molecule has 0 unspecified atom stereocenters. The molecule has 1 amide bonds. The summed E-state index contributed by atoms with van der Waals surface area (Å²) in [6, 6.07) is 10.2. The normalized spacial score (nSPS) is 19.7. The van der Waals surface area contributed by atoms with Gasteiger partial charge in [-0.1, -0.05) is 30.7 Å². The van der Waals surface area contributed by atoms with Crippen LogP contribution in [0.25, 0.3) is 0 Å². The highest BCUT2D eigenvalue weighted by atomic mass is 32.1. The highest BCUT2D eigenvalue weighted by Crippen LogP contribution is 2.31. The summed E-state index contributed by atoms with van der Waals surface area (Å²) in [6.45, 7) is 1.65. The average Bonchev–Trinajstić information content (AvgIpc) is 2.99. The van der Waals surface area contributed by atoms with E-state index in [0.717, 1.165) is 32.1 Å². The zero-order chi connectivity index (χ0) is 19.5. The van der Waals surface area contributed by atoms with E-state index in [1.165, 1.54) is 52.2 Å². The second-order valence-electron chi connectivity index (χ2n) is 7.82. The Bertz CT molecular complexity index is 849. The van der Waals surface area contributed by atoms with Gasteiger partial charge in [0.15, 0.2) is 6.10 Å². The predicted octanol–water partition coefficient (Wildman–Crippen LogP) is 4.76. The van der Waals surface area contributed by atoms with Gasteiger partial charge in [-0.2, -0.15) is 0 Å². The summed E-state index contributed by atoms with van der Waals surface area (Å²) >= 11 is 1.53. The van der Waals surface area contributed by atoms with Gasteiger partial charge in [0, 0.05) is 4.88 Å². The molecule has 1 N–H and O–H groups in total. The number of rotatable bonds is 4. The number of fused-ring (bicyclic) bond motifs is 2. The van der Waals surface area contributed by atoms with Crippen molar-refractivity contribution < 1.29 is 14.3 Å². The fourth-order valence-electron chi connectivity index (χ4n) is 4.23. The van der Waals surface area contributed by atoms with Crippen LogP contribution in [-0.2, 0) is 28.8 Å². The average molecular weight is 398 g/mol. The number of nitrogens with one attached hydrogen (secondary N) is 1. The van der Waals surface area contributed by atoms with E-state index in [9.17, 15) is 9.59 Å². The maximum atomic E-state index is 12.6. The van der Waals surface area contributed by atoms with Gasteiger partial charge in [-0.15, -0.1) is 11.3 Å². The molecule has 0 saturated carbocycles. The van der Waals surface area contributed by atoms with Gasteiger partial charge in [0.1, 0.15) is 4.88 Å². The van der Waals surface area contributed by atoms with Crippen molar-refractivity contribution in [2.45, 2.75) is 70.4 Å². The first-order valence-electron chi connectivity index (χ1n) is 10.3. The molecule has 1 heterocycles. The number of thiophene rings is 1. The third kappa shape index (κ3) is 4.14. The third-order valence-corrected chi connectivity index (χ3v) is 7.00. The van der Waals surface area contributed by atoms with Gasteiger partial charge in [-0.05, 0) is 74.6 Å². The lowest BCUT2D eigenvalue weighted by atomic mass is 9.87. The molecule has 1 aromatic carbocycles. The molecule has 0 radical (unpaired) electrons. The number of esters is 1. The van der Waals surface area contributed by atoms with Crippen LogP contribution in [0.1, 0.15) is 76.3 Å². The van der Waals surface area contributed by atoms with Crippen molar-refractivity contribution in [3.05, 3.63) is 56.8 Å². The Morgan fingerprint density at radius 1 is 1.07 bits per heavy atom. The SMILES string of the molecule is C[C@H](OC(=O)c1cc2c(s1)CCCCC2)C(=O)N[C@@H]1CCCc2ccccc21. The van der Waals surface area contributed by atoms with Crippen molar-refractivity contribution in [3.63, 3.8) is 0 Å². The molecule has 0 bridgehead atoms. The first-order chi connectivity index (χ1) is 13.6. The van der Waals surface area contributed by atoms with Crippen LogP contribution in [0.5, 0.6) is 0 Å². The zero-order valence-corrected chi connectivity index (χ0v) is 17.1. The Kier molecular flexibility index (Phi) is 5.81. The number of aryl methyl sites for hydroxylation is 3. The summed E-state index contributed by atoms with van der Waals surface area (Å²) in [5.74, 6) is -0.613. The Hall–Kier alpha value is -2.14. The molecule has 2 aliphatic carbocycles. The van der Waals surface area contributed by atoms with Crippen LogP contribution in [0.2, 0.25) is 0 Å². The van der Waals surface area contributed by atoms with E-state index in [1.807, 2.05) is 18.2 Å². The van der Waals surface area contributed by atoms with Gasteiger partial charge in [-0.25, -0.2) is 4.79 Å². The quantitative estimate of drug-likeness (QED) is 0.598. The monoisotopic (exact) mass is 397 g/mol. The maximum Gasteiger partial charge on any atom is 0.349 e. The molecular weight excluding hydrogens is 370 g/mol. The minimum absolute atomic E-state index is 0.00333. The maximum absolute atomic E-state index is 12.6. The molecule has 2 aromatic rings. The van der Waals surface area contributed by atoms with Gasteiger partial charge in [-0.3, -0.25) is 4.79 Å². The molecular formula is C23H27NO3S. The van der Waals surface area contributed by atoms with Crippen molar-refractivity contribution in [2.24, 2.45) is 0 Å². The van der Waals surface area contributed by atoms with Crippen LogP contribution < -0.4 is 5.32 Å². The van der Waals surface area contributed by atoms with Crippen molar-refractivity contribution in [3.8, 4) is 0 Å². The molecule has 28 heavy (non-hydrogen) atoms. The second-order valence-corrected chi connectivity index (χ2v) is 8.96. The summed E-state index contributed by atoms with van der Waals surface area (Å²) in [7, 11) is 0. The van der Waals surface area contributed by atoms with Gasteiger partial charge in [0.05, 0.1) is 6.04 Å². The fourth-order valence-corrected chi connectivity index (χ4v) is 5.37. The molecule has 0 saturated heterocycles. The summed E-state index contributed by atoms with van der Waals surface area (Å²) in [6.07, 6.45) is 7.92. The molecule has 4 nitrogen and oxygen atoms in total. The van der Waals surface area contributed by atoms with Crippen molar-refractivity contribution in [1.82, 2.24) is 5.32 Å². The number of amides is 1. The summed E-state index contributed by atoms with van der Waals surface area (Å²) in [5, 5.41) is 3.08. The molecule has 2 aliphatic rings. The molecule has 2 atom stereocenters. The van der Waals surface area contributed by atoms with E-state index < -0.39 is 6.10 Å². The number of benzene rings is 1. The molecule has 4 rings (SSSR count). The van der Waals surface area contributed by atoms with Crippen LogP contribution in [-0.4, -0.2) is 18.0 Å². The standard InChI is InChI=1S/C23H27NO3S/c1-15(22(25)24-19-12-7-10-16-8-5-6-11-18(16)19)27-23(26)21-14-17-9-3-2-4-13-20(17)28-21/h5-6,8,11,14-15,19H,2-4,7,9-10,12-13H2,1H3,(H,24,25)/t15-,19+/m0/s1. The molecule has 5 heteroatoms. The number of hydrogen-bond donors (Lipinski definition) is 1. The van der Waals surface area contributed by atoms with Crippen molar-refractivity contribution >= 4 is 23.2 Å². The summed E-state index contributed by atoms with van der Waals surface area (Å²) in [5.41, 5.74) is 3.76. The molecule has 1 aromatic heterocycles. The van der Waals surface area contributed by atoms with Gasteiger partial charge in [0.2, 0.25) is 0 Å². The molecule has 148 valence electrons. The van der Waals surface area contributed by atoms with Crippen LogP contribution in [0, 0.1) is 0 Å².